The third kappa shape index (κ3) is 11.2. The fraction of sp³-hybridized carbons (Fsp3) is 0.815. The molecule has 37 heavy (non-hydrogen) atoms. The molecule has 10 nitrogen and oxygen atoms in total. The van der Waals surface area contributed by atoms with E-state index in [1.54, 1.807) is 21.0 Å². The van der Waals surface area contributed by atoms with Gasteiger partial charge in [0.05, 0.1) is 12.6 Å². The molecule has 1 rings (SSSR count). The molecule has 1 aliphatic heterocycles. The van der Waals surface area contributed by atoms with E-state index < -0.39 is 35.5 Å². The van der Waals surface area contributed by atoms with Crippen LogP contribution in [0.3, 0.4) is 0 Å². The van der Waals surface area contributed by atoms with Gasteiger partial charge in [-0.25, -0.2) is 0 Å². The summed E-state index contributed by atoms with van der Waals surface area (Å²) < 4.78 is 5.30. The van der Waals surface area contributed by atoms with Crippen LogP contribution in [0.5, 0.6) is 0 Å². The number of ether oxygens (including phenoxy) is 1. The molecule has 0 aromatic heterocycles. The summed E-state index contributed by atoms with van der Waals surface area (Å²) in [7, 11) is 3.24. The Hall–Kier alpha value is -2.49. The van der Waals surface area contributed by atoms with Gasteiger partial charge in [0.25, 0.3) is 0 Å². The van der Waals surface area contributed by atoms with E-state index in [0.29, 0.717) is 19.4 Å². The Morgan fingerprint density at radius 2 is 1.49 bits per heavy atom. The quantitative estimate of drug-likeness (QED) is 0.196. The summed E-state index contributed by atoms with van der Waals surface area (Å²) in [6.07, 6.45) is 3.48. The van der Waals surface area contributed by atoms with Gasteiger partial charge in [-0.2, -0.15) is 0 Å². The zero-order valence-corrected chi connectivity index (χ0v) is 23.9. The Morgan fingerprint density at radius 1 is 0.892 bits per heavy atom. The molecule has 1 saturated heterocycles. The van der Waals surface area contributed by atoms with Gasteiger partial charge < -0.3 is 25.6 Å². The highest BCUT2D eigenvalue weighted by molar-refractivity contribution is 5.98. The number of amides is 4. The van der Waals surface area contributed by atoms with Crippen molar-refractivity contribution in [3.8, 4) is 0 Å². The molecular weight excluding hydrogens is 476 g/mol. The fourth-order valence-electron chi connectivity index (χ4n) is 3.93. The van der Waals surface area contributed by atoms with E-state index in [4.69, 9.17) is 4.74 Å². The van der Waals surface area contributed by atoms with Gasteiger partial charge in [-0.15, -0.1) is 0 Å². The molecule has 0 aromatic carbocycles. The van der Waals surface area contributed by atoms with E-state index in [9.17, 15) is 24.0 Å². The van der Waals surface area contributed by atoms with Gasteiger partial charge in [0.1, 0.15) is 17.7 Å². The molecule has 4 amide bonds. The lowest BCUT2D eigenvalue weighted by atomic mass is 9.93. The number of carbonyl (C=O) groups is 5. The highest BCUT2D eigenvalue weighted by Crippen LogP contribution is 2.29. The molecule has 0 saturated carbocycles. The number of rotatable bonds is 17. The minimum absolute atomic E-state index is 0.0324. The lowest BCUT2D eigenvalue weighted by molar-refractivity contribution is -0.135. The molecule has 0 spiro atoms. The number of carbonyl (C=O) groups excluding carboxylic acids is 5. The summed E-state index contributed by atoms with van der Waals surface area (Å²) in [4.78, 5) is 65.6. The number of nitrogens with zero attached hydrogens (tertiary/aromatic N) is 1. The molecular formula is C27H48N4O6. The highest BCUT2D eigenvalue weighted by Gasteiger charge is 2.50. The van der Waals surface area contributed by atoms with E-state index in [0.717, 1.165) is 19.3 Å². The second kappa shape index (κ2) is 15.1. The van der Waals surface area contributed by atoms with Gasteiger partial charge in [-0.05, 0) is 38.0 Å². The summed E-state index contributed by atoms with van der Waals surface area (Å²) in [5.74, 6) is -1.74. The first-order valence-electron chi connectivity index (χ1n) is 13.5. The maximum absolute atomic E-state index is 13.4. The van der Waals surface area contributed by atoms with Crippen LogP contribution in [0, 0.1) is 11.8 Å². The van der Waals surface area contributed by atoms with E-state index in [-0.39, 0.29) is 42.3 Å². The second-order valence-electron chi connectivity index (χ2n) is 11.2. The van der Waals surface area contributed by atoms with Crippen LogP contribution in [0.1, 0.15) is 86.5 Å². The maximum Gasteiger partial charge on any atom is 0.243 e. The molecule has 0 unspecified atom stereocenters. The first-order valence-corrected chi connectivity index (χ1v) is 13.5. The maximum atomic E-state index is 13.4. The molecule has 0 radical (unpaired) electrons. The van der Waals surface area contributed by atoms with Crippen molar-refractivity contribution >= 4 is 29.4 Å². The summed E-state index contributed by atoms with van der Waals surface area (Å²) in [6, 6.07) is -2.66. The van der Waals surface area contributed by atoms with Crippen LogP contribution in [0.4, 0.5) is 0 Å². The van der Waals surface area contributed by atoms with Crippen molar-refractivity contribution in [1.82, 2.24) is 20.9 Å². The van der Waals surface area contributed by atoms with Crippen LogP contribution in [0.25, 0.3) is 0 Å². The predicted molar refractivity (Wildman–Crippen MR) is 142 cm³/mol. The van der Waals surface area contributed by atoms with E-state index in [1.165, 1.54) is 4.90 Å². The number of hydrogen-bond donors (Lipinski definition) is 3. The lowest BCUT2D eigenvalue weighted by Gasteiger charge is -2.27. The first-order chi connectivity index (χ1) is 17.2. The normalized spacial score (nSPS) is 19.1. The number of ketones is 1. The zero-order chi connectivity index (χ0) is 28.3. The van der Waals surface area contributed by atoms with E-state index >= 15 is 0 Å². The first kappa shape index (κ1) is 32.5. The Bertz CT molecular complexity index is 807. The lowest BCUT2D eigenvalue weighted by Crippen LogP contribution is -2.57. The molecule has 1 heterocycles. The number of epoxide rings is 1. The molecule has 0 bridgehead atoms. The molecule has 0 aliphatic carbocycles. The summed E-state index contributed by atoms with van der Waals surface area (Å²) in [5.41, 5.74) is -0.905. The van der Waals surface area contributed by atoms with Crippen molar-refractivity contribution in [2.75, 3.05) is 20.7 Å². The Labute approximate surface area is 222 Å². The third-order valence-corrected chi connectivity index (χ3v) is 6.49. The average Bonchev–Trinajstić information content (AvgIpc) is 3.56. The van der Waals surface area contributed by atoms with Gasteiger partial charge >= 0.3 is 0 Å². The monoisotopic (exact) mass is 524 g/mol. The molecule has 212 valence electrons. The fourth-order valence-corrected chi connectivity index (χ4v) is 3.93. The standard InChI is InChI=1S/C27H48N4O6/c1-9-10-11-12-21(32)30-23(18(4)5)26(36)28-19(13-14-22(33)31(7)8)25(35)29-20(15-17(2)3)24(34)27(6)16-37-27/h17-20,23H,9-16H2,1-8H3,(H,28,36)(H,29,35)(H,30,32)/t19-,20-,23-,27-/m0/s1. The minimum atomic E-state index is -1.05. The van der Waals surface area contributed by atoms with Crippen LogP contribution in [0.2, 0.25) is 0 Å². The van der Waals surface area contributed by atoms with E-state index in [2.05, 4.69) is 16.0 Å². The molecule has 4 atom stereocenters. The smallest absolute Gasteiger partial charge is 0.243 e. The Balaban J connectivity index is 3.03. The van der Waals surface area contributed by atoms with Crippen LogP contribution in [0.15, 0.2) is 0 Å². The Kier molecular flexibility index (Phi) is 13.2. The van der Waals surface area contributed by atoms with Gasteiger partial charge in [-0.1, -0.05) is 47.5 Å². The molecule has 1 fully saturated rings. The number of nitrogens with one attached hydrogen (secondary N) is 3. The van der Waals surface area contributed by atoms with Gasteiger partial charge in [-0.3, -0.25) is 24.0 Å². The van der Waals surface area contributed by atoms with Crippen molar-refractivity contribution in [3.63, 3.8) is 0 Å². The Morgan fingerprint density at radius 3 is 1.97 bits per heavy atom. The van der Waals surface area contributed by atoms with Gasteiger partial charge in [0.15, 0.2) is 5.78 Å². The van der Waals surface area contributed by atoms with Crippen LogP contribution in [-0.4, -0.2) is 78.7 Å². The second-order valence-corrected chi connectivity index (χ2v) is 11.2. The van der Waals surface area contributed by atoms with Crippen LogP contribution < -0.4 is 16.0 Å². The SMILES string of the molecule is CCCCCC(=O)N[C@H](C(=O)N[C@@H](CCC(=O)N(C)C)C(=O)N[C@@H](CC(C)C)C(=O)[C@]1(C)CO1)C(C)C. The number of Topliss-reactive ketones (excluding diaryl/α,β-unsaturated/α-hetero) is 1. The summed E-state index contributed by atoms with van der Waals surface area (Å²) in [6.45, 7) is 11.6. The predicted octanol–water partition coefficient (Wildman–Crippen LogP) is 1.95. The van der Waals surface area contributed by atoms with Gasteiger partial charge in [0.2, 0.25) is 23.6 Å². The van der Waals surface area contributed by atoms with E-state index in [1.807, 2.05) is 34.6 Å². The van der Waals surface area contributed by atoms with Crippen LogP contribution in [-0.2, 0) is 28.7 Å². The highest BCUT2D eigenvalue weighted by atomic mass is 16.6. The summed E-state index contributed by atoms with van der Waals surface area (Å²) in [5, 5.41) is 8.33. The molecule has 3 N–H and O–H groups in total. The molecule has 10 heteroatoms. The zero-order valence-electron chi connectivity index (χ0n) is 23.9. The number of unbranched alkanes of at least 4 members (excludes halogenated alkanes) is 2. The topological polar surface area (TPSA) is 137 Å². The molecule has 0 aromatic rings. The third-order valence-electron chi connectivity index (χ3n) is 6.49. The van der Waals surface area contributed by atoms with Crippen molar-refractivity contribution in [1.29, 1.82) is 0 Å². The van der Waals surface area contributed by atoms with Crippen molar-refractivity contribution in [3.05, 3.63) is 0 Å². The minimum Gasteiger partial charge on any atom is -0.361 e. The van der Waals surface area contributed by atoms with Crippen molar-refractivity contribution in [2.24, 2.45) is 11.8 Å². The summed E-state index contributed by atoms with van der Waals surface area (Å²) >= 11 is 0. The van der Waals surface area contributed by atoms with Gasteiger partial charge in [0, 0.05) is 26.9 Å². The van der Waals surface area contributed by atoms with Crippen LogP contribution >= 0.6 is 0 Å². The molecule has 1 aliphatic rings. The largest absolute Gasteiger partial charge is 0.361 e. The van der Waals surface area contributed by atoms with Crippen molar-refractivity contribution < 1.29 is 28.7 Å². The number of hydrogen-bond acceptors (Lipinski definition) is 6. The van der Waals surface area contributed by atoms with Crippen molar-refractivity contribution in [2.45, 2.75) is 110 Å². The average molecular weight is 525 g/mol.